The average molecular weight is 591 g/mol. The van der Waals surface area contributed by atoms with Crippen LogP contribution in [0.15, 0.2) is 88.4 Å². The van der Waals surface area contributed by atoms with Crippen molar-refractivity contribution in [1.29, 1.82) is 0 Å². The SMILES string of the molecule is C=C(CN=C1CSc2ccccc2N1)C1CCC2C3CCC4=Cc5c(cnn5-c5ccccc5)CC4(C)C3C(O)CC12C. The van der Waals surface area contributed by atoms with Gasteiger partial charge in [0.25, 0.3) is 0 Å². The molecule has 2 heterocycles. The molecule has 43 heavy (non-hydrogen) atoms. The summed E-state index contributed by atoms with van der Waals surface area (Å²) in [7, 11) is 0. The Morgan fingerprint density at radius 1 is 1.12 bits per heavy atom. The van der Waals surface area contributed by atoms with E-state index >= 15 is 0 Å². The fraction of sp³-hybridized carbons (Fsp3) is 0.459. The molecule has 2 N–H and O–H groups in total. The molecule has 8 rings (SSSR count). The average Bonchev–Trinajstić information content (AvgIpc) is 3.58. The molecule has 5 aliphatic rings. The molecule has 7 atom stereocenters. The number of para-hydroxylation sites is 2. The van der Waals surface area contributed by atoms with Crippen LogP contribution in [0.5, 0.6) is 0 Å². The Hall–Kier alpha value is -3.09. The molecule has 222 valence electrons. The lowest BCUT2D eigenvalue weighted by molar-refractivity contribution is -0.121. The molecule has 3 fully saturated rings. The van der Waals surface area contributed by atoms with E-state index in [1.165, 1.54) is 46.6 Å². The zero-order chi connectivity index (χ0) is 29.3. The number of aliphatic hydroxyl groups is 1. The number of aliphatic imine (C=N–C) groups is 1. The van der Waals surface area contributed by atoms with Gasteiger partial charge in [0.1, 0.15) is 5.84 Å². The minimum Gasteiger partial charge on any atom is -0.393 e. The second-order valence-electron chi connectivity index (χ2n) is 14.1. The normalized spacial score (nSPS) is 35.1. The number of benzene rings is 2. The van der Waals surface area contributed by atoms with E-state index in [0.717, 1.165) is 42.2 Å². The molecule has 7 unspecified atom stereocenters. The van der Waals surface area contributed by atoms with Gasteiger partial charge in [0.05, 0.1) is 41.7 Å². The lowest BCUT2D eigenvalue weighted by atomic mass is 9.45. The zero-order valence-electron chi connectivity index (χ0n) is 25.3. The Bertz CT molecular complexity index is 1640. The largest absolute Gasteiger partial charge is 0.393 e. The predicted octanol–water partition coefficient (Wildman–Crippen LogP) is 7.81. The standard InChI is InChI=1S/C37H42N4OS/c1-23(20-38-34-22-43-33-12-8-7-11-30(33)40-34)28-15-16-29-27-14-13-25-17-31-24(21-39-41(31)26-9-5-4-6-10-26)18-36(25,2)35(27)32(42)19-37(28,29)3/h4-12,17,21,27-29,32,35,42H,1,13-16,18-20,22H2,2-3H3,(H,38,40). The molecule has 5 nitrogen and oxygen atoms in total. The van der Waals surface area contributed by atoms with Crippen molar-refractivity contribution in [3.63, 3.8) is 0 Å². The first-order valence-electron chi connectivity index (χ1n) is 16.1. The molecule has 1 aliphatic heterocycles. The summed E-state index contributed by atoms with van der Waals surface area (Å²) in [5, 5.41) is 20.4. The van der Waals surface area contributed by atoms with E-state index in [1.807, 2.05) is 11.8 Å². The molecule has 0 saturated heterocycles. The first kappa shape index (κ1) is 27.5. The summed E-state index contributed by atoms with van der Waals surface area (Å²) in [6.07, 6.45) is 10.7. The molecule has 0 amide bonds. The Morgan fingerprint density at radius 3 is 2.79 bits per heavy atom. The maximum Gasteiger partial charge on any atom is 0.111 e. The van der Waals surface area contributed by atoms with Gasteiger partial charge in [-0.1, -0.05) is 61.9 Å². The van der Waals surface area contributed by atoms with E-state index in [9.17, 15) is 5.11 Å². The maximum absolute atomic E-state index is 12.1. The van der Waals surface area contributed by atoms with E-state index in [1.54, 1.807) is 0 Å². The second-order valence-corrected chi connectivity index (χ2v) is 15.2. The molecule has 0 spiro atoms. The molecular weight excluding hydrogens is 549 g/mol. The summed E-state index contributed by atoms with van der Waals surface area (Å²) in [5.74, 6) is 3.77. The Balaban J connectivity index is 1.02. The van der Waals surface area contributed by atoms with Gasteiger partial charge in [0.2, 0.25) is 0 Å². The Labute approximate surface area is 259 Å². The molecule has 0 bridgehead atoms. The molecule has 3 saturated carbocycles. The van der Waals surface area contributed by atoms with E-state index in [4.69, 9.17) is 10.1 Å². The number of hydrogen-bond donors (Lipinski definition) is 2. The topological polar surface area (TPSA) is 62.4 Å². The van der Waals surface area contributed by atoms with E-state index in [-0.39, 0.29) is 22.9 Å². The number of fused-ring (bicyclic) bond motifs is 7. The molecule has 2 aromatic carbocycles. The molecule has 3 aromatic rings. The quantitative estimate of drug-likeness (QED) is 0.304. The predicted molar refractivity (Wildman–Crippen MR) is 177 cm³/mol. The van der Waals surface area contributed by atoms with Crippen molar-refractivity contribution in [3.05, 3.63) is 89.8 Å². The van der Waals surface area contributed by atoms with Gasteiger partial charge in [-0.25, -0.2) is 4.68 Å². The second kappa shape index (κ2) is 10.2. The monoisotopic (exact) mass is 590 g/mol. The maximum atomic E-state index is 12.1. The van der Waals surface area contributed by atoms with Crippen molar-refractivity contribution in [2.24, 2.45) is 39.5 Å². The van der Waals surface area contributed by atoms with Crippen molar-refractivity contribution in [3.8, 4) is 5.69 Å². The Morgan fingerprint density at radius 2 is 1.93 bits per heavy atom. The number of thioether (sulfide) groups is 1. The minimum atomic E-state index is -0.307. The van der Waals surface area contributed by atoms with Gasteiger partial charge < -0.3 is 10.4 Å². The van der Waals surface area contributed by atoms with Gasteiger partial charge in [-0.2, -0.15) is 5.10 Å². The number of aliphatic hydroxyl groups excluding tert-OH is 1. The van der Waals surface area contributed by atoms with Crippen molar-refractivity contribution < 1.29 is 5.11 Å². The number of allylic oxidation sites excluding steroid dienone is 1. The third-order valence-corrected chi connectivity index (χ3v) is 13.0. The van der Waals surface area contributed by atoms with Crippen LogP contribution in [0.2, 0.25) is 0 Å². The van der Waals surface area contributed by atoms with Crippen LogP contribution in [-0.4, -0.2) is 39.1 Å². The van der Waals surface area contributed by atoms with Gasteiger partial charge in [-0.05, 0) is 109 Å². The fourth-order valence-corrected chi connectivity index (χ4v) is 11.0. The molecule has 1 aromatic heterocycles. The van der Waals surface area contributed by atoms with Crippen molar-refractivity contribution in [2.45, 2.75) is 63.4 Å². The lowest BCUT2D eigenvalue weighted by Gasteiger charge is -2.60. The van der Waals surface area contributed by atoms with Crippen LogP contribution in [0.4, 0.5) is 5.69 Å². The van der Waals surface area contributed by atoms with Crippen LogP contribution in [-0.2, 0) is 6.42 Å². The summed E-state index contributed by atoms with van der Waals surface area (Å²) >= 11 is 1.85. The summed E-state index contributed by atoms with van der Waals surface area (Å²) in [6, 6.07) is 18.9. The molecular formula is C37H42N4OS. The highest BCUT2D eigenvalue weighted by molar-refractivity contribution is 8.00. The number of nitrogens with one attached hydrogen (secondary N) is 1. The third-order valence-electron chi connectivity index (χ3n) is 11.9. The molecule has 6 heteroatoms. The van der Waals surface area contributed by atoms with Crippen molar-refractivity contribution in [1.82, 2.24) is 9.78 Å². The van der Waals surface area contributed by atoms with Gasteiger partial charge >= 0.3 is 0 Å². The fourth-order valence-electron chi connectivity index (χ4n) is 10.1. The van der Waals surface area contributed by atoms with Crippen LogP contribution in [0, 0.1) is 34.5 Å². The van der Waals surface area contributed by atoms with Gasteiger partial charge in [-0.15, -0.1) is 11.8 Å². The first-order chi connectivity index (χ1) is 20.8. The van der Waals surface area contributed by atoms with Crippen LogP contribution in [0.3, 0.4) is 0 Å². The summed E-state index contributed by atoms with van der Waals surface area (Å²) < 4.78 is 2.10. The third kappa shape index (κ3) is 4.31. The van der Waals surface area contributed by atoms with Gasteiger partial charge in [0.15, 0.2) is 0 Å². The highest BCUT2D eigenvalue weighted by Gasteiger charge is 2.62. The number of nitrogens with zero attached hydrogens (tertiary/aromatic N) is 3. The number of amidine groups is 1. The van der Waals surface area contributed by atoms with E-state index in [2.05, 4.69) is 97.3 Å². The first-order valence-corrected chi connectivity index (χ1v) is 17.0. The Kier molecular flexibility index (Phi) is 6.54. The van der Waals surface area contributed by atoms with Crippen LogP contribution < -0.4 is 5.32 Å². The number of rotatable bonds is 4. The summed E-state index contributed by atoms with van der Waals surface area (Å²) in [5.41, 5.74) is 7.60. The van der Waals surface area contributed by atoms with Gasteiger partial charge in [-0.3, -0.25) is 4.99 Å². The van der Waals surface area contributed by atoms with Crippen LogP contribution >= 0.6 is 11.8 Å². The summed E-state index contributed by atoms with van der Waals surface area (Å²) in [6.45, 7) is 10.2. The van der Waals surface area contributed by atoms with Crippen molar-refractivity contribution >= 4 is 29.4 Å². The highest BCUT2D eigenvalue weighted by Crippen LogP contribution is 2.67. The zero-order valence-corrected chi connectivity index (χ0v) is 26.1. The van der Waals surface area contributed by atoms with E-state index < -0.39 is 0 Å². The van der Waals surface area contributed by atoms with E-state index in [0.29, 0.717) is 24.3 Å². The smallest absolute Gasteiger partial charge is 0.111 e. The number of anilines is 1. The van der Waals surface area contributed by atoms with Crippen LogP contribution in [0.25, 0.3) is 11.8 Å². The highest BCUT2D eigenvalue weighted by atomic mass is 32.2. The number of aromatic nitrogens is 2. The number of hydrogen-bond acceptors (Lipinski definition) is 4. The molecule has 0 radical (unpaired) electrons. The minimum absolute atomic E-state index is 0.0249. The summed E-state index contributed by atoms with van der Waals surface area (Å²) in [4.78, 5) is 6.30. The van der Waals surface area contributed by atoms with Crippen molar-refractivity contribution in [2.75, 3.05) is 17.6 Å². The lowest BCUT2D eigenvalue weighted by Crippen LogP contribution is -2.57. The molecule has 4 aliphatic carbocycles. The van der Waals surface area contributed by atoms with Gasteiger partial charge in [0, 0.05) is 4.90 Å². The van der Waals surface area contributed by atoms with Crippen LogP contribution in [0.1, 0.15) is 57.2 Å².